The lowest BCUT2D eigenvalue weighted by Gasteiger charge is -2.12. The highest BCUT2D eigenvalue weighted by Crippen LogP contribution is 2.29. The van der Waals surface area contributed by atoms with Gasteiger partial charge >= 0.3 is 0 Å². The molecule has 0 fully saturated rings. The van der Waals surface area contributed by atoms with E-state index in [2.05, 4.69) is 5.32 Å². The molecule has 0 unspecified atom stereocenters. The highest BCUT2D eigenvalue weighted by molar-refractivity contribution is 6.33. The molecule has 1 amide bonds. The van der Waals surface area contributed by atoms with Crippen LogP contribution in [0.25, 0.3) is 0 Å². The van der Waals surface area contributed by atoms with E-state index in [-0.39, 0.29) is 5.91 Å². The fourth-order valence-corrected chi connectivity index (χ4v) is 2.33. The van der Waals surface area contributed by atoms with Crippen LogP contribution in [0.4, 0.5) is 11.4 Å². The minimum absolute atomic E-state index is 0.293. The Hall–Kier alpha value is -2.44. The van der Waals surface area contributed by atoms with E-state index in [0.717, 1.165) is 6.42 Å². The molecule has 7 heteroatoms. The van der Waals surface area contributed by atoms with Gasteiger partial charge in [0.2, 0.25) is 0 Å². The second-order valence-corrected chi connectivity index (χ2v) is 5.66. The van der Waals surface area contributed by atoms with Crippen molar-refractivity contribution < 1.29 is 19.0 Å². The van der Waals surface area contributed by atoms with Crippen molar-refractivity contribution in [2.45, 2.75) is 6.42 Å². The van der Waals surface area contributed by atoms with Gasteiger partial charge in [-0.25, -0.2) is 0 Å². The summed E-state index contributed by atoms with van der Waals surface area (Å²) in [5.41, 5.74) is 6.99. The molecule has 0 aliphatic rings. The van der Waals surface area contributed by atoms with Crippen LogP contribution in [0.3, 0.4) is 0 Å². The summed E-state index contributed by atoms with van der Waals surface area (Å²) in [4.78, 5) is 12.5. The quantitative estimate of drug-likeness (QED) is 0.552. The van der Waals surface area contributed by atoms with E-state index in [0.29, 0.717) is 46.7 Å². The SMILES string of the molecule is COCCCOc1cccc(NC(=O)c2cc(Cl)c(N)cc2OC)c1. The number of hydrogen-bond acceptors (Lipinski definition) is 5. The van der Waals surface area contributed by atoms with Crippen molar-refractivity contribution in [3.63, 3.8) is 0 Å². The van der Waals surface area contributed by atoms with E-state index in [1.807, 2.05) is 6.07 Å². The van der Waals surface area contributed by atoms with Crippen LogP contribution in [0, 0.1) is 0 Å². The summed E-state index contributed by atoms with van der Waals surface area (Å²) in [5, 5.41) is 3.09. The Kier molecular flexibility index (Phi) is 6.91. The predicted octanol–water partition coefficient (Wildman–Crippen LogP) is 3.60. The Bertz CT molecular complexity index is 737. The van der Waals surface area contributed by atoms with Crippen LogP contribution in [0.15, 0.2) is 36.4 Å². The third-order valence-corrected chi connectivity index (χ3v) is 3.74. The number of ether oxygens (including phenoxy) is 3. The van der Waals surface area contributed by atoms with E-state index < -0.39 is 0 Å². The van der Waals surface area contributed by atoms with Crippen LogP contribution in [-0.2, 0) is 4.74 Å². The Labute approximate surface area is 151 Å². The van der Waals surface area contributed by atoms with Gasteiger partial charge in [0, 0.05) is 38.0 Å². The number of nitrogens with one attached hydrogen (secondary N) is 1. The number of rotatable bonds is 8. The smallest absolute Gasteiger partial charge is 0.259 e. The topological polar surface area (TPSA) is 82.8 Å². The van der Waals surface area contributed by atoms with Crippen molar-refractivity contribution in [1.82, 2.24) is 0 Å². The van der Waals surface area contributed by atoms with Crippen LogP contribution in [0.5, 0.6) is 11.5 Å². The second kappa shape index (κ2) is 9.15. The number of benzene rings is 2. The second-order valence-electron chi connectivity index (χ2n) is 5.25. The van der Waals surface area contributed by atoms with Crippen molar-refractivity contribution in [3.8, 4) is 11.5 Å². The Morgan fingerprint density at radius 1 is 1.20 bits per heavy atom. The number of hydrogen-bond donors (Lipinski definition) is 2. The summed E-state index contributed by atoms with van der Waals surface area (Å²) < 4.78 is 15.8. The first-order valence-electron chi connectivity index (χ1n) is 7.71. The largest absolute Gasteiger partial charge is 0.496 e. The fourth-order valence-electron chi connectivity index (χ4n) is 2.17. The molecule has 0 heterocycles. The molecule has 0 saturated heterocycles. The van der Waals surface area contributed by atoms with Crippen molar-refractivity contribution >= 4 is 28.9 Å². The van der Waals surface area contributed by atoms with Crippen LogP contribution in [-0.4, -0.2) is 33.3 Å². The minimum Gasteiger partial charge on any atom is -0.496 e. The predicted molar refractivity (Wildman–Crippen MR) is 98.8 cm³/mol. The summed E-state index contributed by atoms with van der Waals surface area (Å²) in [6.07, 6.45) is 0.786. The first kappa shape index (κ1) is 18.9. The molecule has 0 bridgehead atoms. The number of amides is 1. The van der Waals surface area contributed by atoms with Crippen molar-refractivity contribution in [1.29, 1.82) is 0 Å². The van der Waals surface area contributed by atoms with Gasteiger partial charge in [0.25, 0.3) is 5.91 Å². The molecule has 25 heavy (non-hydrogen) atoms. The molecule has 2 aromatic rings. The zero-order valence-corrected chi connectivity index (χ0v) is 14.9. The maximum Gasteiger partial charge on any atom is 0.259 e. The monoisotopic (exact) mass is 364 g/mol. The van der Waals surface area contributed by atoms with E-state index in [1.54, 1.807) is 25.3 Å². The lowest BCUT2D eigenvalue weighted by atomic mass is 10.1. The zero-order chi connectivity index (χ0) is 18.2. The molecule has 2 rings (SSSR count). The van der Waals surface area contributed by atoms with Crippen molar-refractivity contribution in [2.75, 3.05) is 38.5 Å². The number of carbonyl (C=O) groups excluding carboxylic acids is 1. The number of methoxy groups -OCH3 is 2. The number of nitrogen functional groups attached to an aromatic ring is 1. The van der Waals surface area contributed by atoms with Crippen molar-refractivity contribution in [2.24, 2.45) is 0 Å². The molecular formula is C18H21ClN2O4. The van der Waals surface area contributed by atoms with E-state index in [9.17, 15) is 4.79 Å². The van der Waals surface area contributed by atoms with Gasteiger partial charge in [0.05, 0.1) is 30.0 Å². The number of anilines is 2. The van der Waals surface area contributed by atoms with Crippen molar-refractivity contribution in [3.05, 3.63) is 47.0 Å². The molecule has 134 valence electrons. The first-order valence-corrected chi connectivity index (χ1v) is 8.09. The highest BCUT2D eigenvalue weighted by Gasteiger charge is 2.15. The molecule has 3 N–H and O–H groups in total. The Morgan fingerprint density at radius 3 is 2.72 bits per heavy atom. The van der Waals surface area contributed by atoms with Gasteiger partial charge in [-0.3, -0.25) is 4.79 Å². The zero-order valence-electron chi connectivity index (χ0n) is 14.2. The van der Waals surface area contributed by atoms with E-state index in [1.165, 1.54) is 19.2 Å². The van der Waals surface area contributed by atoms with Gasteiger partial charge in [0.1, 0.15) is 11.5 Å². The molecule has 0 atom stereocenters. The van der Waals surface area contributed by atoms with Gasteiger partial charge in [0.15, 0.2) is 0 Å². The summed E-state index contributed by atoms with van der Waals surface area (Å²) in [6.45, 7) is 1.17. The Balaban J connectivity index is 2.09. The molecule has 0 radical (unpaired) electrons. The van der Waals surface area contributed by atoms with E-state index >= 15 is 0 Å². The number of carbonyl (C=O) groups is 1. The van der Waals surface area contributed by atoms with Crippen LogP contribution in [0.2, 0.25) is 5.02 Å². The molecule has 2 aromatic carbocycles. The standard InChI is InChI=1S/C18H21ClN2O4/c1-23-7-4-8-25-13-6-3-5-12(9-13)21-18(22)14-10-15(19)16(20)11-17(14)24-2/h3,5-6,9-11H,4,7-8,20H2,1-2H3,(H,21,22). The Morgan fingerprint density at radius 2 is 2.00 bits per heavy atom. The average molecular weight is 365 g/mol. The summed E-state index contributed by atoms with van der Waals surface area (Å²) in [5.74, 6) is 0.665. The maximum absolute atomic E-state index is 12.5. The molecule has 0 aliphatic carbocycles. The van der Waals surface area contributed by atoms with Gasteiger partial charge in [-0.1, -0.05) is 17.7 Å². The normalized spacial score (nSPS) is 10.4. The fraction of sp³-hybridized carbons (Fsp3) is 0.278. The summed E-state index contributed by atoms with van der Waals surface area (Å²) in [7, 11) is 3.11. The lowest BCUT2D eigenvalue weighted by Crippen LogP contribution is -2.13. The molecule has 6 nitrogen and oxygen atoms in total. The van der Waals surface area contributed by atoms with Gasteiger partial charge in [-0.2, -0.15) is 0 Å². The maximum atomic E-state index is 12.5. The summed E-state index contributed by atoms with van der Waals surface area (Å²) >= 11 is 6.01. The number of nitrogens with two attached hydrogens (primary N) is 1. The molecule has 0 saturated carbocycles. The van der Waals surface area contributed by atoms with Crippen LogP contribution in [0.1, 0.15) is 16.8 Å². The van der Waals surface area contributed by atoms with Gasteiger partial charge in [-0.05, 0) is 18.2 Å². The minimum atomic E-state index is -0.352. The number of halogens is 1. The van der Waals surface area contributed by atoms with E-state index in [4.69, 9.17) is 31.5 Å². The highest BCUT2D eigenvalue weighted by atomic mass is 35.5. The van der Waals surface area contributed by atoms with Gasteiger partial charge in [-0.15, -0.1) is 0 Å². The molecule has 0 spiro atoms. The molecular weight excluding hydrogens is 344 g/mol. The molecule has 0 aromatic heterocycles. The summed E-state index contributed by atoms with van der Waals surface area (Å²) in [6, 6.07) is 10.1. The third kappa shape index (κ3) is 5.27. The third-order valence-electron chi connectivity index (χ3n) is 3.42. The molecule has 0 aliphatic heterocycles. The van der Waals surface area contributed by atoms with Gasteiger partial charge < -0.3 is 25.3 Å². The van der Waals surface area contributed by atoms with Crippen LogP contribution < -0.4 is 20.5 Å². The average Bonchev–Trinajstić information content (AvgIpc) is 2.61. The lowest BCUT2D eigenvalue weighted by molar-refractivity contribution is 0.102. The first-order chi connectivity index (χ1) is 12.0. The van der Waals surface area contributed by atoms with Crippen LogP contribution >= 0.6 is 11.6 Å².